The Hall–Kier alpha value is -3.88. The van der Waals surface area contributed by atoms with E-state index in [0.29, 0.717) is 31.0 Å². The first-order valence-electron chi connectivity index (χ1n) is 11.0. The van der Waals surface area contributed by atoms with Gasteiger partial charge in [0.05, 0.1) is 13.7 Å². The smallest absolute Gasteiger partial charge is 0.315 e. The molecule has 1 aromatic heterocycles. The molecule has 0 bridgehead atoms. The van der Waals surface area contributed by atoms with Crippen LogP contribution in [-0.2, 0) is 17.9 Å². The zero-order valence-electron chi connectivity index (χ0n) is 18.6. The molecule has 33 heavy (non-hydrogen) atoms. The van der Waals surface area contributed by atoms with E-state index in [1.165, 1.54) is 0 Å². The first-order valence-corrected chi connectivity index (χ1v) is 11.0. The van der Waals surface area contributed by atoms with Crippen LogP contribution in [0.2, 0.25) is 0 Å². The molecule has 0 saturated heterocycles. The number of rotatable bonds is 8. The van der Waals surface area contributed by atoms with Crippen molar-refractivity contribution >= 4 is 11.9 Å². The third-order valence-corrected chi connectivity index (χ3v) is 5.84. The molecule has 172 valence electrons. The second-order valence-electron chi connectivity index (χ2n) is 8.10. The maximum atomic E-state index is 13.1. The molecule has 0 spiro atoms. The van der Waals surface area contributed by atoms with Gasteiger partial charge >= 0.3 is 6.03 Å². The lowest BCUT2D eigenvalue weighted by Crippen LogP contribution is -2.59. The SMILES string of the molecule is COc1ccc(-c2n[nH]c(CNC(=O)C3(NC(=O)NCc4ccccc4)CCCC3)n2)cc1. The average Bonchev–Trinajstić information content (AvgIpc) is 3.53. The quantitative estimate of drug-likeness (QED) is 0.422. The van der Waals surface area contributed by atoms with Crippen LogP contribution < -0.4 is 20.7 Å². The normalized spacial score (nSPS) is 14.5. The molecule has 9 heteroatoms. The van der Waals surface area contributed by atoms with E-state index in [1.807, 2.05) is 54.6 Å². The zero-order chi connectivity index (χ0) is 23.1. The van der Waals surface area contributed by atoms with Crippen LogP contribution in [0.5, 0.6) is 5.75 Å². The number of ether oxygens (including phenoxy) is 1. The van der Waals surface area contributed by atoms with Crippen molar-refractivity contribution in [2.45, 2.75) is 44.3 Å². The van der Waals surface area contributed by atoms with E-state index >= 15 is 0 Å². The third-order valence-electron chi connectivity index (χ3n) is 5.84. The van der Waals surface area contributed by atoms with Gasteiger partial charge in [-0.1, -0.05) is 43.2 Å². The van der Waals surface area contributed by atoms with E-state index in [4.69, 9.17) is 4.74 Å². The molecule has 3 aromatic rings. The van der Waals surface area contributed by atoms with Crippen molar-refractivity contribution in [2.75, 3.05) is 7.11 Å². The molecule has 4 N–H and O–H groups in total. The summed E-state index contributed by atoms with van der Waals surface area (Å²) in [6.07, 6.45) is 2.98. The molecule has 1 saturated carbocycles. The Kier molecular flexibility index (Phi) is 6.87. The van der Waals surface area contributed by atoms with Crippen LogP contribution in [0.4, 0.5) is 4.79 Å². The number of aromatic amines is 1. The highest BCUT2D eigenvalue weighted by atomic mass is 16.5. The second-order valence-corrected chi connectivity index (χ2v) is 8.10. The van der Waals surface area contributed by atoms with E-state index in [1.54, 1.807) is 7.11 Å². The number of nitrogens with one attached hydrogen (secondary N) is 4. The number of aromatic nitrogens is 3. The van der Waals surface area contributed by atoms with Crippen LogP contribution in [0.1, 0.15) is 37.1 Å². The number of benzene rings is 2. The Bertz CT molecular complexity index is 1080. The third kappa shape index (κ3) is 5.49. The monoisotopic (exact) mass is 448 g/mol. The summed E-state index contributed by atoms with van der Waals surface area (Å²) in [5.41, 5.74) is 0.920. The van der Waals surface area contributed by atoms with Gasteiger partial charge in [-0.2, -0.15) is 5.10 Å². The van der Waals surface area contributed by atoms with Crippen LogP contribution >= 0.6 is 0 Å². The molecule has 0 atom stereocenters. The summed E-state index contributed by atoms with van der Waals surface area (Å²) in [7, 11) is 1.61. The average molecular weight is 449 g/mol. The Morgan fingerprint density at radius 2 is 1.73 bits per heavy atom. The Labute approximate surface area is 192 Å². The maximum Gasteiger partial charge on any atom is 0.315 e. The predicted octanol–water partition coefficient (Wildman–Crippen LogP) is 2.91. The van der Waals surface area contributed by atoms with Crippen LogP contribution in [-0.4, -0.2) is 39.8 Å². The van der Waals surface area contributed by atoms with Crippen molar-refractivity contribution in [1.82, 2.24) is 31.1 Å². The van der Waals surface area contributed by atoms with Crippen molar-refractivity contribution in [3.05, 3.63) is 66.0 Å². The van der Waals surface area contributed by atoms with E-state index in [0.717, 1.165) is 29.7 Å². The summed E-state index contributed by atoms with van der Waals surface area (Å²) in [6, 6.07) is 16.7. The molecule has 0 unspecified atom stereocenters. The van der Waals surface area contributed by atoms with E-state index < -0.39 is 5.54 Å². The molecule has 1 aliphatic carbocycles. The van der Waals surface area contributed by atoms with E-state index in [9.17, 15) is 9.59 Å². The van der Waals surface area contributed by atoms with Gasteiger partial charge in [0.2, 0.25) is 5.91 Å². The molecule has 3 amide bonds. The van der Waals surface area contributed by atoms with Gasteiger partial charge in [-0.3, -0.25) is 9.89 Å². The Balaban J connectivity index is 1.33. The number of methoxy groups -OCH3 is 1. The summed E-state index contributed by atoms with van der Waals surface area (Å²) < 4.78 is 5.17. The number of amides is 3. The second kappa shape index (κ2) is 10.2. The highest BCUT2D eigenvalue weighted by molar-refractivity contribution is 5.91. The van der Waals surface area contributed by atoms with Gasteiger partial charge < -0.3 is 20.7 Å². The molecular formula is C24H28N6O3. The number of hydrogen-bond acceptors (Lipinski definition) is 5. The minimum Gasteiger partial charge on any atom is -0.497 e. The minimum atomic E-state index is -0.917. The summed E-state index contributed by atoms with van der Waals surface area (Å²) in [5, 5.41) is 15.8. The van der Waals surface area contributed by atoms with E-state index in [2.05, 4.69) is 31.1 Å². The highest BCUT2D eigenvalue weighted by Gasteiger charge is 2.42. The molecular weight excluding hydrogens is 420 g/mol. The number of H-pyrrole nitrogens is 1. The lowest BCUT2D eigenvalue weighted by atomic mass is 9.96. The maximum absolute atomic E-state index is 13.1. The number of carbonyl (C=O) groups is 2. The summed E-state index contributed by atoms with van der Waals surface area (Å²) in [4.78, 5) is 30.0. The van der Waals surface area contributed by atoms with Crippen LogP contribution in [0.25, 0.3) is 11.4 Å². The van der Waals surface area contributed by atoms with Gasteiger partial charge in [-0.05, 0) is 42.7 Å². The zero-order valence-corrected chi connectivity index (χ0v) is 18.6. The lowest BCUT2D eigenvalue weighted by molar-refractivity contribution is -0.127. The Morgan fingerprint density at radius 1 is 1.00 bits per heavy atom. The van der Waals surface area contributed by atoms with Crippen LogP contribution in [0.15, 0.2) is 54.6 Å². The largest absolute Gasteiger partial charge is 0.497 e. The van der Waals surface area contributed by atoms with Gasteiger partial charge in [0.1, 0.15) is 17.1 Å². The molecule has 2 aromatic carbocycles. The van der Waals surface area contributed by atoms with Gasteiger partial charge in [-0.15, -0.1) is 0 Å². The fourth-order valence-corrected chi connectivity index (χ4v) is 4.00. The van der Waals surface area contributed by atoms with Crippen LogP contribution in [0, 0.1) is 0 Å². The molecule has 4 rings (SSSR count). The highest BCUT2D eigenvalue weighted by Crippen LogP contribution is 2.30. The first-order chi connectivity index (χ1) is 16.1. The molecule has 0 radical (unpaired) electrons. The number of carbonyl (C=O) groups excluding carboxylic acids is 2. The predicted molar refractivity (Wildman–Crippen MR) is 123 cm³/mol. The summed E-state index contributed by atoms with van der Waals surface area (Å²) in [6.45, 7) is 0.591. The topological polar surface area (TPSA) is 121 Å². The van der Waals surface area contributed by atoms with Crippen molar-refractivity contribution in [3.8, 4) is 17.1 Å². The standard InChI is InChI=1S/C24H28N6O3/c1-33-19-11-9-18(10-12-19)21-27-20(29-30-21)16-25-22(31)24(13-5-6-14-24)28-23(32)26-15-17-7-3-2-4-8-17/h2-4,7-12H,5-6,13-16H2,1H3,(H,25,31)(H2,26,28,32)(H,27,29,30). The van der Waals surface area contributed by atoms with Gasteiger partial charge in [0.15, 0.2) is 5.82 Å². The number of urea groups is 1. The van der Waals surface area contributed by atoms with Crippen molar-refractivity contribution in [3.63, 3.8) is 0 Å². The van der Waals surface area contributed by atoms with Crippen molar-refractivity contribution < 1.29 is 14.3 Å². The summed E-state index contributed by atoms with van der Waals surface area (Å²) >= 11 is 0. The fourth-order valence-electron chi connectivity index (χ4n) is 4.00. The molecule has 1 fully saturated rings. The van der Waals surface area contributed by atoms with Gasteiger partial charge in [0, 0.05) is 12.1 Å². The number of nitrogens with zero attached hydrogens (tertiary/aromatic N) is 2. The fraction of sp³-hybridized carbons (Fsp3) is 0.333. The van der Waals surface area contributed by atoms with E-state index in [-0.39, 0.29) is 18.5 Å². The Morgan fingerprint density at radius 3 is 2.42 bits per heavy atom. The number of hydrogen-bond donors (Lipinski definition) is 4. The molecule has 1 aliphatic rings. The van der Waals surface area contributed by atoms with Crippen molar-refractivity contribution in [2.24, 2.45) is 0 Å². The first kappa shape index (κ1) is 22.3. The minimum absolute atomic E-state index is 0.192. The van der Waals surface area contributed by atoms with Gasteiger partial charge in [-0.25, -0.2) is 9.78 Å². The lowest BCUT2D eigenvalue weighted by Gasteiger charge is -2.29. The van der Waals surface area contributed by atoms with Crippen molar-refractivity contribution in [1.29, 1.82) is 0 Å². The van der Waals surface area contributed by atoms with Gasteiger partial charge in [0.25, 0.3) is 0 Å². The molecule has 1 heterocycles. The van der Waals surface area contributed by atoms with Crippen LogP contribution in [0.3, 0.4) is 0 Å². The summed E-state index contributed by atoms with van der Waals surface area (Å²) in [5.74, 6) is 1.62. The molecule has 9 nitrogen and oxygen atoms in total. The molecule has 0 aliphatic heterocycles.